The molecular formula is C23H24FN5O3S. The lowest BCUT2D eigenvalue weighted by atomic mass is 10.2. The Morgan fingerprint density at radius 3 is 2.39 bits per heavy atom. The summed E-state index contributed by atoms with van der Waals surface area (Å²) in [6.45, 7) is 1.42. The van der Waals surface area contributed by atoms with Crippen LogP contribution in [0.25, 0.3) is 0 Å². The minimum atomic E-state index is -2.94. The molecule has 1 amide bonds. The Bertz CT molecular complexity index is 1220. The highest BCUT2D eigenvalue weighted by atomic mass is 32.2. The summed E-state index contributed by atoms with van der Waals surface area (Å²) in [4.78, 5) is 24.9. The van der Waals surface area contributed by atoms with Crippen molar-refractivity contribution in [3.63, 3.8) is 0 Å². The first-order valence-corrected chi connectivity index (χ1v) is 12.3. The van der Waals surface area contributed by atoms with Crippen LogP contribution in [0.3, 0.4) is 0 Å². The van der Waals surface area contributed by atoms with Crippen LogP contribution in [0.2, 0.25) is 0 Å². The monoisotopic (exact) mass is 469 g/mol. The van der Waals surface area contributed by atoms with Crippen molar-refractivity contribution in [2.24, 2.45) is 0 Å². The fourth-order valence-corrected chi connectivity index (χ4v) is 4.75. The van der Waals surface area contributed by atoms with Gasteiger partial charge in [0.1, 0.15) is 23.7 Å². The summed E-state index contributed by atoms with van der Waals surface area (Å²) in [6, 6.07) is 15.1. The molecule has 0 bridgehead atoms. The maximum atomic E-state index is 13.1. The first-order valence-electron chi connectivity index (χ1n) is 10.4. The zero-order valence-electron chi connectivity index (χ0n) is 18.1. The Morgan fingerprint density at radius 2 is 1.73 bits per heavy atom. The molecule has 33 heavy (non-hydrogen) atoms. The molecule has 1 N–H and O–H groups in total. The van der Waals surface area contributed by atoms with Crippen molar-refractivity contribution in [2.45, 2.75) is 6.54 Å². The molecule has 0 spiro atoms. The Balaban J connectivity index is 1.39. The second-order valence-electron chi connectivity index (χ2n) is 7.88. The van der Waals surface area contributed by atoms with Gasteiger partial charge in [-0.2, -0.15) is 0 Å². The Kier molecular flexibility index (Phi) is 6.55. The summed E-state index contributed by atoms with van der Waals surface area (Å²) in [5.41, 5.74) is 2.65. The zero-order chi connectivity index (χ0) is 23.4. The lowest BCUT2D eigenvalue weighted by Gasteiger charge is -2.28. The topological polar surface area (TPSA) is 95.5 Å². The molecule has 1 aromatic heterocycles. The summed E-state index contributed by atoms with van der Waals surface area (Å²) in [7, 11) is -1.11. The minimum absolute atomic E-state index is 0.150. The molecule has 1 aliphatic rings. The number of sulfone groups is 1. The largest absolute Gasteiger partial charge is 0.369 e. The third kappa shape index (κ3) is 5.83. The van der Waals surface area contributed by atoms with E-state index in [4.69, 9.17) is 0 Å². The van der Waals surface area contributed by atoms with Crippen molar-refractivity contribution in [1.29, 1.82) is 0 Å². The van der Waals surface area contributed by atoms with Crippen LogP contribution in [0.5, 0.6) is 0 Å². The normalized spacial score (nSPS) is 15.2. The van der Waals surface area contributed by atoms with Crippen molar-refractivity contribution in [1.82, 2.24) is 9.97 Å². The third-order valence-electron chi connectivity index (χ3n) is 5.44. The molecule has 172 valence electrons. The number of rotatable bonds is 6. The molecule has 2 heterocycles. The van der Waals surface area contributed by atoms with Crippen molar-refractivity contribution < 1.29 is 17.6 Å². The fraction of sp³-hybridized carbons (Fsp3) is 0.261. The Hall–Kier alpha value is -3.53. The second kappa shape index (κ2) is 9.53. The van der Waals surface area contributed by atoms with E-state index in [-0.39, 0.29) is 28.9 Å². The number of halogens is 1. The number of amides is 1. The number of aromatic nitrogens is 2. The maximum absolute atomic E-state index is 13.1. The third-order valence-corrected chi connectivity index (χ3v) is 7.05. The van der Waals surface area contributed by atoms with Gasteiger partial charge in [-0.05, 0) is 42.0 Å². The molecule has 2 aromatic carbocycles. The maximum Gasteiger partial charge on any atom is 0.274 e. The van der Waals surface area contributed by atoms with Gasteiger partial charge in [-0.25, -0.2) is 22.8 Å². The number of carbonyl (C=O) groups is 1. The molecule has 1 saturated heterocycles. The quantitative estimate of drug-likeness (QED) is 0.593. The van der Waals surface area contributed by atoms with Gasteiger partial charge in [0.05, 0.1) is 11.5 Å². The summed E-state index contributed by atoms with van der Waals surface area (Å²) >= 11 is 0. The van der Waals surface area contributed by atoms with E-state index in [0.29, 0.717) is 31.1 Å². The molecule has 0 saturated carbocycles. The van der Waals surface area contributed by atoms with Gasteiger partial charge in [-0.3, -0.25) is 4.79 Å². The van der Waals surface area contributed by atoms with E-state index >= 15 is 0 Å². The smallest absolute Gasteiger partial charge is 0.274 e. The van der Waals surface area contributed by atoms with Gasteiger partial charge in [-0.15, -0.1) is 0 Å². The van der Waals surface area contributed by atoms with E-state index in [1.807, 2.05) is 29.0 Å². The highest BCUT2D eigenvalue weighted by molar-refractivity contribution is 7.91. The van der Waals surface area contributed by atoms with Crippen molar-refractivity contribution in [2.75, 3.05) is 46.8 Å². The van der Waals surface area contributed by atoms with E-state index in [0.717, 1.165) is 11.3 Å². The van der Waals surface area contributed by atoms with E-state index in [1.165, 1.54) is 18.5 Å². The van der Waals surface area contributed by atoms with Crippen LogP contribution in [0.4, 0.5) is 21.6 Å². The van der Waals surface area contributed by atoms with Crippen molar-refractivity contribution in [3.05, 3.63) is 78.0 Å². The number of benzene rings is 2. The number of anilines is 3. The van der Waals surface area contributed by atoms with Crippen LogP contribution in [-0.4, -0.2) is 55.9 Å². The molecule has 4 rings (SSSR count). The minimum Gasteiger partial charge on any atom is -0.369 e. The van der Waals surface area contributed by atoms with Crippen LogP contribution in [0, 0.1) is 5.82 Å². The van der Waals surface area contributed by atoms with Gasteiger partial charge in [0, 0.05) is 44.1 Å². The lowest BCUT2D eigenvalue weighted by molar-refractivity contribution is 0.102. The summed E-state index contributed by atoms with van der Waals surface area (Å²) < 4.78 is 36.3. The van der Waals surface area contributed by atoms with Crippen LogP contribution in [-0.2, 0) is 16.4 Å². The number of hydrogen-bond acceptors (Lipinski definition) is 7. The molecule has 1 fully saturated rings. The van der Waals surface area contributed by atoms with Gasteiger partial charge in [-0.1, -0.05) is 12.1 Å². The standard InChI is InChI=1S/C23H24FN5O3S/c1-28(15-17-2-4-18(24)5-3-17)22-14-21(25-16-26-22)23(30)27-19-6-8-20(9-7-19)29-10-12-33(31,32)13-11-29/h2-9,14,16H,10-13,15H2,1H3,(H,27,30). The summed E-state index contributed by atoms with van der Waals surface area (Å²) in [5, 5.41) is 2.82. The van der Waals surface area contributed by atoms with Crippen LogP contribution in [0.15, 0.2) is 60.9 Å². The highest BCUT2D eigenvalue weighted by Gasteiger charge is 2.21. The molecular weight excluding hydrogens is 445 g/mol. The van der Waals surface area contributed by atoms with Gasteiger partial charge in [0.15, 0.2) is 9.84 Å². The van der Waals surface area contributed by atoms with Gasteiger partial charge in [0.25, 0.3) is 5.91 Å². The number of carbonyl (C=O) groups excluding carboxylic acids is 1. The molecule has 3 aromatic rings. The predicted octanol–water partition coefficient (Wildman–Crippen LogP) is 2.74. The van der Waals surface area contributed by atoms with Crippen LogP contribution in [0.1, 0.15) is 16.1 Å². The zero-order valence-corrected chi connectivity index (χ0v) is 18.9. The van der Waals surface area contributed by atoms with Gasteiger partial charge in [0.2, 0.25) is 0 Å². The Labute approximate surface area is 192 Å². The molecule has 1 aliphatic heterocycles. The van der Waals surface area contributed by atoms with Gasteiger partial charge >= 0.3 is 0 Å². The lowest BCUT2D eigenvalue weighted by Crippen LogP contribution is -2.40. The van der Waals surface area contributed by atoms with Crippen molar-refractivity contribution in [3.8, 4) is 0 Å². The molecule has 8 nitrogen and oxygen atoms in total. The first kappa shape index (κ1) is 22.7. The number of nitrogens with zero attached hydrogens (tertiary/aromatic N) is 4. The summed E-state index contributed by atoms with van der Waals surface area (Å²) in [6.07, 6.45) is 1.33. The van der Waals surface area contributed by atoms with Crippen molar-refractivity contribution >= 4 is 32.9 Å². The highest BCUT2D eigenvalue weighted by Crippen LogP contribution is 2.21. The molecule has 10 heteroatoms. The molecule has 0 radical (unpaired) electrons. The van der Waals surface area contributed by atoms with E-state index < -0.39 is 9.84 Å². The second-order valence-corrected chi connectivity index (χ2v) is 10.2. The van der Waals surface area contributed by atoms with E-state index in [2.05, 4.69) is 15.3 Å². The van der Waals surface area contributed by atoms with Crippen LogP contribution >= 0.6 is 0 Å². The SMILES string of the molecule is CN(Cc1ccc(F)cc1)c1cc(C(=O)Nc2ccc(N3CCS(=O)(=O)CC3)cc2)ncn1. The van der Waals surface area contributed by atoms with Gasteiger partial charge < -0.3 is 15.1 Å². The average Bonchev–Trinajstić information content (AvgIpc) is 2.81. The summed E-state index contributed by atoms with van der Waals surface area (Å²) in [5.74, 6) is 0.202. The molecule has 0 atom stereocenters. The predicted molar refractivity (Wildman–Crippen MR) is 126 cm³/mol. The molecule has 0 unspecified atom stereocenters. The number of hydrogen-bond donors (Lipinski definition) is 1. The van der Waals surface area contributed by atoms with E-state index in [9.17, 15) is 17.6 Å². The Morgan fingerprint density at radius 1 is 1.06 bits per heavy atom. The first-order chi connectivity index (χ1) is 15.8. The number of nitrogens with one attached hydrogen (secondary N) is 1. The fourth-order valence-electron chi connectivity index (χ4n) is 3.55. The average molecular weight is 470 g/mol. The van der Waals surface area contributed by atoms with Crippen LogP contribution < -0.4 is 15.1 Å². The van der Waals surface area contributed by atoms with E-state index in [1.54, 1.807) is 30.3 Å². The molecule has 0 aliphatic carbocycles.